The minimum Gasteiger partial charge on any atom is -0.492 e. The van der Waals surface area contributed by atoms with E-state index in [0.717, 1.165) is 10.6 Å². The van der Waals surface area contributed by atoms with Crippen LogP contribution >= 0.6 is 11.8 Å². The molecule has 0 aromatic heterocycles. The molecule has 0 aliphatic carbocycles. The van der Waals surface area contributed by atoms with Gasteiger partial charge in [0, 0.05) is 5.75 Å². The molecule has 0 unspecified atom stereocenters. The fraction of sp³-hybridized carbons (Fsp3) is 0.200. The van der Waals surface area contributed by atoms with Gasteiger partial charge in [-0.3, -0.25) is 0 Å². The normalized spacial score (nSPS) is 10.4. The second kappa shape index (κ2) is 5.91. The van der Waals surface area contributed by atoms with Crippen molar-refractivity contribution in [3.05, 3.63) is 59.4 Å². The highest BCUT2D eigenvalue weighted by Crippen LogP contribution is 2.34. The molecule has 0 atom stereocenters. The van der Waals surface area contributed by atoms with Crippen molar-refractivity contribution in [2.24, 2.45) is 0 Å². The van der Waals surface area contributed by atoms with Crippen LogP contribution in [0.1, 0.15) is 11.1 Å². The van der Waals surface area contributed by atoms with Crippen molar-refractivity contribution in [3.63, 3.8) is 0 Å². The molecule has 0 aliphatic heterocycles. The lowest BCUT2D eigenvalue weighted by atomic mass is 10.2. The first-order valence-corrected chi connectivity index (χ1v) is 6.70. The Morgan fingerprint density at radius 3 is 2.50 bits per heavy atom. The summed E-state index contributed by atoms with van der Waals surface area (Å²) < 4.78 is 19.0. The summed E-state index contributed by atoms with van der Waals surface area (Å²) in [5, 5.41) is 0. The van der Waals surface area contributed by atoms with Gasteiger partial charge >= 0.3 is 0 Å². The number of benzene rings is 2. The van der Waals surface area contributed by atoms with E-state index in [1.807, 2.05) is 24.3 Å². The van der Waals surface area contributed by atoms with Crippen molar-refractivity contribution in [1.82, 2.24) is 0 Å². The third-order valence-electron chi connectivity index (χ3n) is 2.70. The topological polar surface area (TPSA) is 9.23 Å². The zero-order valence-electron chi connectivity index (χ0n) is 10.4. The molecule has 94 valence electrons. The van der Waals surface area contributed by atoms with Crippen LogP contribution in [0.3, 0.4) is 0 Å². The minimum atomic E-state index is -0.268. The Morgan fingerprint density at radius 2 is 1.83 bits per heavy atom. The Hall–Kier alpha value is -1.48. The van der Waals surface area contributed by atoms with Gasteiger partial charge in [-0.1, -0.05) is 36.4 Å². The van der Waals surface area contributed by atoms with E-state index in [1.54, 1.807) is 24.8 Å². The highest BCUT2D eigenvalue weighted by atomic mass is 32.2. The molecular formula is C15H15FOS. The molecule has 0 saturated heterocycles. The van der Waals surface area contributed by atoms with Gasteiger partial charge in [0.15, 0.2) is 11.6 Å². The second-order valence-corrected chi connectivity index (χ2v) is 5.02. The second-order valence-electron chi connectivity index (χ2n) is 4.00. The molecule has 0 aliphatic rings. The van der Waals surface area contributed by atoms with Crippen LogP contribution in [0.4, 0.5) is 4.39 Å². The Morgan fingerprint density at radius 1 is 1.11 bits per heavy atom. The summed E-state index contributed by atoms with van der Waals surface area (Å²) in [5.41, 5.74) is 1.82. The third kappa shape index (κ3) is 2.85. The van der Waals surface area contributed by atoms with Gasteiger partial charge in [0.1, 0.15) is 0 Å². The van der Waals surface area contributed by atoms with Crippen molar-refractivity contribution in [2.75, 3.05) is 7.11 Å². The van der Waals surface area contributed by atoms with E-state index in [4.69, 9.17) is 4.74 Å². The number of rotatable bonds is 4. The predicted molar refractivity (Wildman–Crippen MR) is 73.7 cm³/mol. The monoisotopic (exact) mass is 262 g/mol. The molecule has 18 heavy (non-hydrogen) atoms. The Bertz CT molecular complexity index is 526. The van der Waals surface area contributed by atoms with Gasteiger partial charge in [-0.25, -0.2) is 4.39 Å². The number of hydrogen-bond acceptors (Lipinski definition) is 2. The first kappa shape index (κ1) is 13.0. The lowest BCUT2D eigenvalue weighted by Crippen LogP contribution is -1.94. The first-order valence-electron chi connectivity index (χ1n) is 5.72. The highest BCUT2D eigenvalue weighted by molar-refractivity contribution is 7.98. The molecule has 0 amide bonds. The van der Waals surface area contributed by atoms with Gasteiger partial charge in [0.2, 0.25) is 0 Å². The number of methoxy groups -OCH3 is 1. The summed E-state index contributed by atoms with van der Waals surface area (Å²) in [5.74, 6) is 0.881. The lowest BCUT2D eigenvalue weighted by Gasteiger charge is -2.10. The van der Waals surface area contributed by atoms with Gasteiger partial charge in [-0.05, 0) is 24.1 Å². The molecule has 3 heteroatoms. The molecule has 0 radical (unpaired) electrons. The van der Waals surface area contributed by atoms with Gasteiger partial charge < -0.3 is 4.74 Å². The van der Waals surface area contributed by atoms with Crippen molar-refractivity contribution < 1.29 is 9.13 Å². The molecule has 2 aromatic rings. The van der Waals surface area contributed by atoms with Crippen LogP contribution in [0.2, 0.25) is 0 Å². The smallest absolute Gasteiger partial charge is 0.169 e. The molecule has 1 nitrogen and oxygen atoms in total. The predicted octanol–water partition coefficient (Wildman–Crippen LogP) is 4.44. The molecule has 2 aromatic carbocycles. The zero-order valence-corrected chi connectivity index (χ0v) is 11.3. The molecule has 0 N–H and O–H groups in total. The fourth-order valence-electron chi connectivity index (χ4n) is 1.68. The molecule has 0 fully saturated rings. The largest absolute Gasteiger partial charge is 0.492 e. The Balaban J connectivity index is 2.17. The molecule has 0 heterocycles. The van der Waals surface area contributed by atoms with Crippen LogP contribution in [-0.4, -0.2) is 7.11 Å². The maximum Gasteiger partial charge on any atom is 0.169 e. The summed E-state index contributed by atoms with van der Waals surface area (Å²) in [4.78, 5) is 0.837. The van der Waals surface area contributed by atoms with Crippen molar-refractivity contribution in [3.8, 4) is 5.75 Å². The number of halogens is 1. The average Bonchev–Trinajstić information content (AvgIpc) is 2.41. The van der Waals surface area contributed by atoms with Crippen LogP contribution in [0, 0.1) is 12.7 Å². The summed E-state index contributed by atoms with van der Waals surface area (Å²) in [7, 11) is 1.50. The van der Waals surface area contributed by atoms with Crippen LogP contribution in [0.15, 0.2) is 47.4 Å². The van der Waals surface area contributed by atoms with E-state index in [-0.39, 0.29) is 5.82 Å². The molecule has 0 saturated carbocycles. The highest BCUT2D eigenvalue weighted by Gasteiger charge is 2.12. The van der Waals surface area contributed by atoms with Crippen LogP contribution < -0.4 is 4.74 Å². The SMILES string of the molecule is COc1c(SCc2ccccc2)ccc(C)c1F. The average molecular weight is 262 g/mol. The number of ether oxygens (including phenoxy) is 1. The quantitative estimate of drug-likeness (QED) is 0.754. The summed E-state index contributed by atoms with van der Waals surface area (Å²) in [6, 6.07) is 13.8. The maximum absolute atomic E-state index is 13.8. The van der Waals surface area contributed by atoms with Crippen molar-refractivity contribution in [2.45, 2.75) is 17.6 Å². The standard InChI is InChI=1S/C15H15FOS/c1-11-8-9-13(15(17-2)14(11)16)18-10-12-6-4-3-5-7-12/h3-9H,10H2,1-2H3. The summed E-state index contributed by atoms with van der Waals surface area (Å²) in [6.45, 7) is 1.74. The van der Waals surface area contributed by atoms with Gasteiger partial charge in [0.25, 0.3) is 0 Å². The number of aryl methyl sites for hydroxylation is 1. The van der Waals surface area contributed by atoms with E-state index in [1.165, 1.54) is 12.7 Å². The van der Waals surface area contributed by atoms with E-state index in [2.05, 4.69) is 12.1 Å². The molecule has 0 bridgehead atoms. The van der Waals surface area contributed by atoms with E-state index >= 15 is 0 Å². The van der Waals surface area contributed by atoms with Crippen LogP contribution in [0.5, 0.6) is 5.75 Å². The maximum atomic E-state index is 13.8. The van der Waals surface area contributed by atoms with E-state index in [9.17, 15) is 4.39 Å². The lowest BCUT2D eigenvalue weighted by molar-refractivity contribution is 0.375. The zero-order chi connectivity index (χ0) is 13.0. The summed E-state index contributed by atoms with van der Waals surface area (Å²) in [6.07, 6.45) is 0. The summed E-state index contributed by atoms with van der Waals surface area (Å²) >= 11 is 1.58. The molecule has 0 spiro atoms. The van der Waals surface area contributed by atoms with E-state index in [0.29, 0.717) is 11.3 Å². The van der Waals surface area contributed by atoms with Gasteiger partial charge in [-0.15, -0.1) is 11.8 Å². The van der Waals surface area contributed by atoms with Crippen molar-refractivity contribution >= 4 is 11.8 Å². The van der Waals surface area contributed by atoms with E-state index < -0.39 is 0 Å². The van der Waals surface area contributed by atoms with Gasteiger partial charge in [0.05, 0.1) is 12.0 Å². The van der Waals surface area contributed by atoms with Crippen LogP contribution in [0.25, 0.3) is 0 Å². The minimum absolute atomic E-state index is 0.268. The molecule has 2 rings (SSSR count). The first-order chi connectivity index (χ1) is 8.72. The van der Waals surface area contributed by atoms with Gasteiger partial charge in [-0.2, -0.15) is 0 Å². The Labute approximate surface area is 111 Å². The third-order valence-corrected chi connectivity index (χ3v) is 3.81. The number of thioether (sulfide) groups is 1. The van der Waals surface area contributed by atoms with Crippen LogP contribution in [-0.2, 0) is 5.75 Å². The fourth-order valence-corrected chi connectivity index (χ4v) is 2.66. The number of hydrogen-bond donors (Lipinski definition) is 0. The Kier molecular flexibility index (Phi) is 4.26. The molecular weight excluding hydrogens is 247 g/mol. The van der Waals surface area contributed by atoms with Crippen molar-refractivity contribution in [1.29, 1.82) is 0 Å².